The van der Waals surface area contributed by atoms with Crippen molar-refractivity contribution in [1.82, 2.24) is 0 Å². The van der Waals surface area contributed by atoms with Crippen LogP contribution in [0.1, 0.15) is 6.92 Å². The molecular formula is C5H9O4. The van der Waals surface area contributed by atoms with Gasteiger partial charge in [0.15, 0.2) is 0 Å². The number of rotatable bonds is 4. The monoisotopic (exact) mass is 133 g/mol. The van der Waals surface area contributed by atoms with E-state index in [1.807, 2.05) is 6.92 Å². The summed E-state index contributed by atoms with van der Waals surface area (Å²) in [6, 6.07) is 0. The highest BCUT2D eigenvalue weighted by molar-refractivity contribution is 5.56. The van der Waals surface area contributed by atoms with Crippen LogP contribution in [-0.2, 0) is 14.6 Å². The lowest BCUT2D eigenvalue weighted by atomic mass is 10.7. The minimum absolute atomic E-state index is 0.0518. The van der Waals surface area contributed by atoms with E-state index in [1.165, 1.54) is 0 Å². The summed E-state index contributed by atoms with van der Waals surface area (Å²) >= 11 is 0. The second-order valence-electron chi connectivity index (χ2n) is 1.30. The van der Waals surface area contributed by atoms with Crippen molar-refractivity contribution in [2.75, 3.05) is 19.8 Å². The molecule has 0 atom stereocenters. The van der Waals surface area contributed by atoms with Crippen LogP contribution in [0.15, 0.2) is 0 Å². The van der Waals surface area contributed by atoms with Gasteiger partial charge < -0.3 is 9.47 Å². The molecule has 4 nitrogen and oxygen atoms in total. The Morgan fingerprint density at radius 3 is 2.56 bits per heavy atom. The Bertz CT molecular complexity index is 81.0. The average Bonchev–Trinajstić information content (AvgIpc) is 1.80. The van der Waals surface area contributed by atoms with Crippen LogP contribution in [0.3, 0.4) is 0 Å². The van der Waals surface area contributed by atoms with Gasteiger partial charge in [-0.1, -0.05) is 0 Å². The minimum Gasteiger partial charge on any atom is -0.429 e. The van der Waals surface area contributed by atoms with Gasteiger partial charge in [0.25, 0.3) is 0 Å². The summed E-state index contributed by atoms with van der Waals surface area (Å²) in [5.74, 6) is 0. The molecule has 0 unspecified atom stereocenters. The molecule has 0 fully saturated rings. The Morgan fingerprint density at radius 2 is 2.11 bits per heavy atom. The standard InChI is InChI=1S/C5H9O4/c1-2-8-3-4-9-5(6)7/h2-4H2,1H3. The Hall–Kier alpha value is -0.770. The fourth-order valence-electron chi connectivity index (χ4n) is 0.328. The van der Waals surface area contributed by atoms with Crippen molar-refractivity contribution in [3.63, 3.8) is 0 Å². The molecule has 0 amide bonds. The number of hydrogen-bond donors (Lipinski definition) is 0. The molecule has 0 aromatic carbocycles. The van der Waals surface area contributed by atoms with Crippen molar-refractivity contribution in [2.24, 2.45) is 0 Å². The van der Waals surface area contributed by atoms with Crippen molar-refractivity contribution in [1.29, 1.82) is 0 Å². The first kappa shape index (κ1) is 8.23. The summed E-state index contributed by atoms with van der Waals surface area (Å²) in [4.78, 5) is 9.57. The van der Waals surface area contributed by atoms with E-state index in [1.54, 1.807) is 0 Å². The molecule has 0 aromatic rings. The smallest absolute Gasteiger partial charge is 0.429 e. The summed E-state index contributed by atoms with van der Waals surface area (Å²) < 4.78 is 8.79. The van der Waals surface area contributed by atoms with Crippen molar-refractivity contribution in [3.8, 4) is 0 Å². The SMILES string of the molecule is CCOCCOC([O])=O. The highest BCUT2D eigenvalue weighted by Gasteiger charge is 1.96. The summed E-state index contributed by atoms with van der Waals surface area (Å²) in [5.41, 5.74) is 0. The molecule has 0 aliphatic heterocycles. The highest BCUT2D eigenvalue weighted by Crippen LogP contribution is 1.78. The third-order valence-corrected chi connectivity index (χ3v) is 0.652. The zero-order chi connectivity index (χ0) is 7.11. The van der Waals surface area contributed by atoms with E-state index in [2.05, 4.69) is 4.74 Å². The molecule has 0 aliphatic carbocycles. The zero-order valence-corrected chi connectivity index (χ0v) is 5.25. The van der Waals surface area contributed by atoms with Crippen molar-refractivity contribution in [2.45, 2.75) is 6.92 Å². The molecule has 9 heavy (non-hydrogen) atoms. The maximum Gasteiger partial charge on any atom is 0.550 e. The number of ether oxygens (including phenoxy) is 2. The van der Waals surface area contributed by atoms with Crippen LogP contribution in [-0.4, -0.2) is 26.0 Å². The fourth-order valence-corrected chi connectivity index (χ4v) is 0.328. The minimum atomic E-state index is -1.50. The predicted octanol–water partition coefficient (Wildman–Crippen LogP) is 0.590. The summed E-state index contributed by atoms with van der Waals surface area (Å²) in [6.07, 6.45) is -1.50. The van der Waals surface area contributed by atoms with Gasteiger partial charge in [0, 0.05) is 6.61 Å². The van der Waals surface area contributed by atoms with Gasteiger partial charge >= 0.3 is 6.16 Å². The van der Waals surface area contributed by atoms with Crippen LogP contribution < -0.4 is 0 Å². The predicted molar refractivity (Wildman–Crippen MR) is 28.5 cm³/mol. The van der Waals surface area contributed by atoms with E-state index in [0.29, 0.717) is 13.2 Å². The molecule has 0 bridgehead atoms. The molecule has 0 saturated carbocycles. The molecule has 0 heterocycles. The number of carbonyl (C=O) groups excluding carboxylic acids is 1. The molecule has 0 N–H and O–H groups in total. The van der Waals surface area contributed by atoms with E-state index < -0.39 is 6.16 Å². The van der Waals surface area contributed by atoms with Crippen molar-refractivity contribution >= 4 is 6.16 Å². The lowest BCUT2D eigenvalue weighted by Gasteiger charge is -1.97. The third-order valence-electron chi connectivity index (χ3n) is 0.652. The van der Waals surface area contributed by atoms with Gasteiger partial charge in [-0.15, -0.1) is 0 Å². The van der Waals surface area contributed by atoms with Crippen LogP contribution in [0.25, 0.3) is 0 Å². The Morgan fingerprint density at radius 1 is 1.44 bits per heavy atom. The average molecular weight is 133 g/mol. The van der Waals surface area contributed by atoms with Gasteiger partial charge in [-0.25, -0.2) is 0 Å². The summed E-state index contributed by atoms with van der Waals surface area (Å²) in [5, 5.41) is 9.57. The highest BCUT2D eigenvalue weighted by atomic mass is 16.7. The maximum absolute atomic E-state index is 9.57. The lowest BCUT2D eigenvalue weighted by Crippen LogP contribution is -2.06. The third kappa shape index (κ3) is 7.23. The first-order valence-corrected chi connectivity index (χ1v) is 2.69. The van der Waals surface area contributed by atoms with E-state index in [0.717, 1.165) is 0 Å². The Kier molecular flexibility index (Phi) is 4.91. The van der Waals surface area contributed by atoms with Crippen LogP contribution >= 0.6 is 0 Å². The van der Waals surface area contributed by atoms with Gasteiger partial charge in [-0.05, 0) is 6.92 Å². The first-order chi connectivity index (χ1) is 4.27. The first-order valence-electron chi connectivity index (χ1n) is 2.69. The Labute approximate surface area is 53.4 Å². The summed E-state index contributed by atoms with van der Waals surface area (Å²) in [7, 11) is 0. The van der Waals surface area contributed by atoms with Gasteiger partial charge in [-0.3, -0.25) is 0 Å². The maximum atomic E-state index is 9.57. The molecule has 0 spiro atoms. The molecule has 4 heteroatoms. The lowest BCUT2D eigenvalue weighted by molar-refractivity contribution is 0.0367. The zero-order valence-electron chi connectivity index (χ0n) is 5.25. The molecular weight excluding hydrogens is 124 g/mol. The topological polar surface area (TPSA) is 55.4 Å². The normalized spacial score (nSPS) is 9.00. The van der Waals surface area contributed by atoms with Crippen molar-refractivity contribution in [3.05, 3.63) is 0 Å². The quantitative estimate of drug-likeness (QED) is 0.416. The number of hydrogen-bond acceptors (Lipinski definition) is 3. The van der Waals surface area contributed by atoms with E-state index in [-0.39, 0.29) is 6.61 Å². The second-order valence-corrected chi connectivity index (χ2v) is 1.30. The molecule has 53 valence electrons. The van der Waals surface area contributed by atoms with Crippen LogP contribution in [0.4, 0.5) is 4.79 Å². The van der Waals surface area contributed by atoms with Gasteiger partial charge in [-0.2, -0.15) is 9.90 Å². The van der Waals surface area contributed by atoms with Crippen molar-refractivity contribution < 1.29 is 19.4 Å². The fraction of sp³-hybridized carbons (Fsp3) is 0.800. The number of carbonyl (C=O) groups is 1. The van der Waals surface area contributed by atoms with Crippen LogP contribution in [0.5, 0.6) is 0 Å². The van der Waals surface area contributed by atoms with Crippen LogP contribution in [0.2, 0.25) is 0 Å². The molecule has 0 aromatic heterocycles. The molecule has 0 aliphatic rings. The van der Waals surface area contributed by atoms with E-state index >= 15 is 0 Å². The van der Waals surface area contributed by atoms with Gasteiger partial charge in [0.2, 0.25) is 0 Å². The van der Waals surface area contributed by atoms with E-state index in [4.69, 9.17) is 4.74 Å². The second kappa shape index (κ2) is 5.37. The molecule has 0 saturated heterocycles. The van der Waals surface area contributed by atoms with Gasteiger partial charge in [0.05, 0.1) is 6.61 Å². The largest absolute Gasteiger partial charge is 0.550 e. The summed E-state index contributed by atoms with van der Waals surface area (Å²) in [6.45, 7) is 2.73. The van der Waals surface area contributed by atoms with E-state index in [9.17, 15) is 9.90 Å². The Balaban J connectivity index is 2.83. The van der Waals surface area contributed by atoms with Crippen LogP contribution in [0, 0.1) is 0 Å². The molecule has 0 rings (SSSR count). The molecule has 1 radical (unpaired) electrons. The van der Waals surface area contributed by atoms with Gasteiger partial charge in [0.1, 0.15) is 6.61 Å².